The monoisotopic (exact) mass is 196 g/mol. The van der Waals surface area contributed by atoms with Gasteiger partial charge in [-0.2, -0.15) is 0 Å². The Bertz CT molecular complexity index is 296. The third-order valence-electron chi connectivity index (χ3n) is 2.53. The Kier molecular flexibility index (Phi) is 3.93. The molecule has 1 atom stereocenters. The van der Waals surface area contributed by atoms with E-state index >= 15 is 0 Å². The smallest absolute Gasteiger partial charge is 0.130 e. The zero-order chi connectivity index (χ0) is 10.6. The van der Waals surface area contributed by atoms with Crippen LogP contribution in [0.25, 0.3) is 0 Å². The first kappa shape index (κ1) is 11.0. The van der Waals surface area contributed by atoms with Gasteiger partial charge in [-0.3, -0.25) is 0 Å². The first-order valence-electron chi connectivity index (χ1n) is 4.99. The minimum atomic E-state index is -0.162. The van der Waals surface area contributed by atoms with E-state index in [9.17, 15) is 4.39 Å². The molecule has 0 aromatic heterocycles. The van der Waals surface area contributed by atoms with E-state index in [-0.39, 0.29) is 5.82 Å². The fraction of sp³-hybridized carbons (Fsp3) is 0.500. The van der Waals surface area contributed by atoms with Crippen molar-refractivity contribution < 1.29 is 9.13 Å². The molecule has 0 amide bonds. The Balaban J connectivity index is 2.78. The highest BCUT2D eigenvalue weighted by Crippen LogP contribution is 2.19. The summed E-state index contributed by atoms with van der Waals surface area (Å²) in [5, 5.41) is 0. The predicted molar refractivity (Wildman–Crippen MR) is 56.1 cm³/mol. The van der Waals surface area contributed by atoms with Crippen molar-refractivity contribution in [3.8, 4) is 5.75 Å². The van der Waals surface area contributed by atoms with E-state index in [4.69, 9.17) is 4.74 Å². The number of benzene rings is 1. The van der Waals surface area contributed by atoms with Crippen molar-refractivity contribution in [2.24, 2.45) is 5.92 Å². The van der Waals surface area contributed by atoms with Gasteiger partial charge in [0.05, 0.1) is 7.11 Å². The minimum absolute atomic E-state index is 0.162. The highest BCUT2D eigenvalue weighted by Gasteiger charge is 2.07. The molecule has 0 fully saturated rings. The van der Waals surface area contributed by atoms with E-state index < -0.39 is 0 Å². The average Bonchev–Trinajstić information content (AvgIpc) is 2.20. The minimum Gasteiger partial charge on any atom is -0.497 e. The first-order chi connectivity index (χ1) is 6.67. The number of rotatable bonds is 4. The molecule has 1 aromatic rings. The zero-order valence-electron chi connectivity index (χ0n) is 9.01. The highest BCUT2D eigenvalue weighted by molar-refractivity contribution is 5.29. The van der Waals surface area contributed by atoms with E-state index in [0.717, 1.165) is 18.4 Å². The van der Waals surface area contributed by atoms with Crippen molar-refractivity contribution in [3.05, 3.63) is 29.6 Å². The van der Waals surface area contributed by atoms with E-state index in [1.807, 2.05) is 0 Å². The van der Waals surface area contributed by atoms with Crippen LogP contribution in [0.4, 0.5) is 4.39 Å². The topological polar surface area (TPSA) is 9.23 Å². The number of halogens is 1. The predicted octanol–water partition coefficient (Wildman–Crippen LogP) is 3.42. The van der Waals surface area contributed by atoms with Crippen LogP contribution in [0, 0.1) is 11.7 Å². The molecule has 1 nitrogen and oxygen atoms in total. The van der Waals surface area contributed by atoms with Gasteiger partial charge in [0.2, 0.25) is 0 Å². The molecule has 0 aliphatic rings. The van der Waals surface area contributed by atoms with Crippen LogP contribution in [-0.2, 0) is 6.42 Å². The van der Waals surface area contributed by atoms with Crippen LogP contribution in [0.15, 0.2) is 18.2 Å². The van der Waals surface area contributed by atoms with Gasteiger partial charge in [-0.15, -0.1) is 0 Å². The lowest BCUT2D eigenvalue weighted by molar-refractivity contribution is 0.410. The maximum atomic E-state index is 13.5. The highest BCUT2D eigenvalue weighted by atomic mass is 19.1. The average molecular weight is 196 g/mol. The third kappa shape index (κ3) is 2.72. The summed E-state index contributed by atoms with van der Waals surface area (Å²) in [5.41, 5.74) is 0.778. The van der Waals surface area contributed by atoms with Crippen LogP contribution in [-0.4, -0.2) is 7.11 Å². The van der Waals surface area contributed by atoms with Crippen LogP contribution in [0.1, 0.15) is 25.8 Å². The summed E-state index contributed by atoms with van der Waals surface area (Å²) in [6, 6.07) is 5.05. The van der Waals surface area contributed by atoms with Crippen molar-refractivity contribution in [2.45, 2.75) is 26.7 Å². The van der Waals surface area contributed by atoms with Crippen molar-refractivity contribution >= 4 is 0 Å². The maximum Gasteiger partial charge on any atom is 0.130 e. The fourth-order valence-electron chi connectivity index (χ4n) is 1.34. The van der Waals surface area contributed by atoms with E-state index in [1.54, 1.807) is 19.2 Å². The van der Waals surface area contributed by atoms with Crippen molar-refractivity contribution in [3.63, 3.8) is 0 Å². The molecule has 0 saturated heterocycles. The van der Waals surface area contributed by atoms with Gasteiger partial charge in [0.15, 0.2) is 0 Å². The Hall–Kier alpha value is -1.05. The Labute approximate surface area is 84.9 Å². The van der Waals surface area contributed by atoms with Crippen molar-refractivity contribution in [1.29, 1.82) is 0 Å². The summed E-state index contributed by atoms with van der Waals surface area (Å²) in [7, 11) is 1.54. The molecule has 1 unspecified atom stereocenters. The largest absolute Gasteiger partial charge is 0.497 e. The summed E-state index contributed by atoms with van der Waals surface area (Å²) in [4.78, 5) is 0. The second-order valence-electron chi connectivity index (χ2n) is 3.67. The van der Waals surface area contributed by atoms with Gasteiger partial charge >= 0.3 is 0 Å². The molecule has 1 aromatic carbocycles. The van der Waals surface area contributed by atoms with Crippen molar-refractivity contribution in [1.82, 2.24) is 0 Å². The van der Waals surface area contributed by atoms with Crippen LogP contribution in [0.5, 0.6) is 5.75 Å². The maximum absolute atomic E-state index is 13.5. The van der Waals surface area contributed by atoms with Gasteiger partial charge < -0.3 is 4.74 Å². The molecule has 0 N–H and O–H groups in total. The van der Waals surface area contributed by atoms with Gasteiger partial charge in [-0.05, 0) is 24.0 Å². The van der Waals surface area contributed by atoms with Gasteiger partial charge in [-0.1, -0.05) is 26.3 Å². The van der Waals surface area contributed by atoms with Crippen molar-refractivity contribution in [2.75, 3.05) is 7.11 Å². The second-order valence-corrected chi connectivity index (χ2v) is 3.67. The molecule has 0 heterocycles. The molecule has 1 rings (SSSR count). The summed E-state index contributed by atoms with van der Waals surface area (Å²) in [6.45, 7) is 4.25. The Morgan fingerprint density at radius 2 is 2.14 bits per heavy atom. The lowest BCUT2D eigenvalue weighted by Crippen LogP contribution is -2.00. The van der Waals surface area contributed by atoms with E-state index in [2.05, 4.69) is 13.8 Å². The molecule has 0 aliphatic heterocycles. The third-order valence-corrected chi connectivity index (χ3v) is 2.53. The number of hydrogen-bond acceptors (Lipinski definition) is 1. The van der Waals surface area contributed by atoms with Gasteiger partial charge in [-0.25, -0.2) is 4.39 Å². The summed E-state index contributed by atoms with van der Waals surface area (Å²) < 4.78 is 18.4. The Morgan fingerprint density at radius 1 is 1.43 bits per heavy atom. The molecule has 78 valence electrons. The molecule has 0 bridgehead atoms. The normalized spacial score (nSPS) is 12.6. The molecular formula is C12H17FO. The summed E-state index contributed by atoms with van der Waals surface area (Å²) in [6.07, 6.45) is 1.87. The van der Waals surface area contributed by atoms with Gasteiger partial charge in [0, 0.05) is 6.07 Å². The number of methoxy groups -OCH3 is 1. The van der Waals surface area contributed by atoms with Gasteiger partial charge in [0.25, 0.3) is 0 Å². The fourth-order valence-corrected chi connectivity index (χ4v) is 1.34. The number of ether oxygens (including phenoxy) is 1. The van der Waals surface area contributed by atoms with Gasteiger partial charge in [0.1, 0.15) is 11.6 Å². The molecule has 0 spiro atoms. The standard InChI is InChI=1S/C12H17FO/c1-4-9(2)7-10-5-6-11(14-3)8-12(10)13/h5-6,8-9H,4,7H2,1-3H3. The lowest BCUT2D eigenvalue weighted by Gasteiger charge is -2.10. The van der Waals surface area contributed by atoms with E-state index in [1.165, 1.54) is 6.07 Å². The SMILES string of the molecule is CCC(C)Cc1ccc(OC)cc1F. The van der Waals surface area contributed by atoms with Crippen LogP contribution >= 0.6 is 0 Å². The van der Waals surface area contributed by atoms with Crippen LogP contribution in [0.3, 0.4) is 0 Å². The summed E-state index contributed by atoms with van der Waals surface area (Å²) >= 11 is 0. The lowest BCUT2D eigenvalue weighted by atomic mass is 9.98. The molecule has 14 heavy (non-hydrogen) atoms. The Morgan fingerprint density at radius 3 is 2.64 bits per heavy atom. The molecule has 2 heteroatoms. The second kappa shape index (κ2) is 4.99. The quantitative estimate of drug-likeness (QED) is 0.717. The molecular weight excluding hydrogens is 179 g/mol. The molecule has 0 aliphatic carbocycles. The molecule has 0 radical (unpaired) electrons. The number of hydrogen-bond donors (Lipinski definition) is 0. The molecule has 0 saturated carbocycles. The first-order valence-corrected chi connectivity index (χ1v) is 4.99. The van der Waals surface area contributed by atoms with Crippen LogP contribution in [0.2, 0.25) is 0 Å². The van der Waals surface area contributed by atoms with Crippen LogP contribution < -0.4 is 4.74 Å². The van der Waals surface area contributed by atoms with E-state index in [0.29, 0.717) is 11.7 Å². The summed E-state index contributed by atoms with van der Waals surface area (Å²) in [5.74, 6) is 0.943. The zero-order valence-corrected chi connectivity index (χ0v) is 9.01.